The van der Waals surface area contributed by atoms with Crippen molar-refractivity contribution < 1.29 is 5.11 Å². The molecule has 19 heavy (non-hydrogen) atoms. The normalized spacial score (nSPS) is 16.3. The third-order valence-corrected chi connectivity index (χ3v) is 4.32. The summed E-state index contributed by atoms with van der Waals surface area (Å²) < 4.78 is 2.03. The van der Waals surface area contributed by atoms with Crippen molar-refractivity contribution in [1.82, 2.24) is 19.7 Å². The highest BCUT2D eigenvalue weighted by molar-refractivity contribution is 7.09. The first-order valence-corrected chi connectivity index (χ1v) is 7.42. The minimum absolute atomic E-state index is 0.0190. The average molecular weight is 278 g/mol. The van der Waals surface area contributed by atoms with Gasteiger partial charge in [0.05, 0.1) is 29.2 Å². The van der Waals surface area contributed by atoms with Gasteiger partial charge in [0, 0.05) is 31.1 Å². The van der Waals surface area contributed by atoms with Gasteiger partial charge >= 0.3 is 0 Å². The van der Waals surface area contributed by atoms with Crippen LogP contribution in [0.3, 0.4) is 0 Å². The van der Waals surface area contributed by atoms with Crippen LogP contribution < -0.4 is 0 Å². The second-order valence-corrected chi connectivity index (χ2v) is 5.99. The number of hydrogen-bond acceptors (Lipinski definition) is 5. The van der Waals surface area contributed by atoms with Gasteiger partial charge in [-0.15, -0.1) is 11.3 Å². The van der Waals surface area contributed by atoms with Crippen molar-refractivity contribution in [2.45, 2.75) is 39.6 Å². The van der Waals surface area contributed by atoms with Crippen molar-refractivity contribution in [2.24, 2.45) is 0 Å². The summed E-state index contributed by atoms with van der Waals surface area (Å²) in [6.07, 6.45) is 1.09. The van der Waals surface area contributed by atoms with Crippen LogP contribution in [0.1, 0.15) is 28.4 Å². The van der Waals surface area contributed by atoms with Crippen molar-refractivity contribution in [3.63, 3.8) is 0 Å². The molecule has 0 fully saturated rings. The van der Waals surface area contributed by atoms with Gasteiger partial charge in [0.2, 0.25) is 0 Å². The molecular formula is C13H18N4OS. The van der Waals surface area contributed by atoms with Gasteiger partial charge in [-0.05, 0) is 19.4 Å². The van der Waals surface area contributed by atoms with Crippen molar-refractivity contribution in [2.75, 3.05) is 6.54 Å². The van der Waals surface area contributed by atoms with Crippen LogP contribution >= 0.6 is 11.3 Å². The maximum Gasteiger partial charge on any atom is 0.0882 e. The Kier molecular flexibility index (Phi) is 3.63. The topological polar surface area (TPSA) is 54.2 Å². The molecule has 0 aliphatic carbocycles. The predicted molar refractivity (Wildman–Crippen MR) is 73.7 cm³/mol. The summed E-state index contributed by atoms with van der Waals surface area (Å²) in [6.45, 7) is 5.92. The molecule has 2 aromatic heterocycles. The number of thiazole rings is 1. The van der Waals surface area contributed by atoms with E-state index in [9.17, 15) is 0 Å². The van der Waals surface area contributed by atoms with Gasteiger partial charge in [0.1, 0.15) is 0 Å². The molecule has 0 spiro atoms. The summed E-state index contributed by atoms with van der Waals surface area (Å²) in [5, 5.41) is 13.6. The average Bonchev–Trinajstić information content (AvgIpc) is 2.92. The Morgan fingerprint density at radius 3 is 3.05 bits per heavy atom. The number of aliphatic hydroxyl groups excluding tert-OH is 1. The molecule has 0 saturated carbocycles. The Morgan fingerprint density at radius 1 is 1.42 bits per heavy atom. The Balaban J connectivity index is 1.76. The Morgan fingerprint density at radius 2 is 2.32 bits per heavy atom. The van der Waals surface area contributed by atoms with Crippen molar-refractivity contribution in [3.05, 3.63) is 33.5 Å². The van der Waals surface area contributed by atoms with Crippen LogP contribution in [0.4, 0.5) is 0 Å². The molecule has 6 heteroatoms. The molecule has 2 aromatic rings. The van der Waals surface area contributed by atoms with E-state index in [1.165, 1.54) is 16.3 Å². The number of rotatable bonds is 3. The van der Waals surface area contributed by atoms with Gasteiger partial charge in [0.15, 0.2) is 0 Å². The number of nitrogens with zero attached hydrogens (tertiary/aromatic N) is 4. The van der Waals surface area contributed by atoms with Crippen LogP contribution in [0, 0.1) is 6.92 Å². The van der Waals surface area contributed by atoms with Crippen LogP contribution in [-0.2, 0) is 26.2 Å². The van der Waals surface area contributed by atoms with Crippen LogP contribution in [-0.4, -0.2) is 31.3 Å². The summed E-state index contributed by atoms with van der Waals surface area (Å²) in [7, 11) is 0. The second kappa shape index (κ2) is 5.40. The molecule has 0 atom stereocenters. The minimum Gasteiger partial charge on any atom is -0.390 e. The summed E-state index contributed by atoms with van der Waals surface area (Å²) in [6, 6.07) is 2.01. The van der Waals surface area contributed by atoms with Crippen LogP contribution in [0.2, 0.25) is 0 Å². The summed E-state index contributed by atoms with van der Waals surface area (Å²) in [5.41, 5.74) is 5.05. The molecule has 3 rings (SSSR count). The van der Waals surface area contributed by atoms with E-state index in [4.69, 9.17) is 5.11 Å². The van der Waals surface area contributed by atoms with Crippen LogP contribution in [0.25, 0.3) is 0 Å². The lowest BCUT2D eigenvalue weighted by molar-refractivity contribution is 0.257. The van der Waals surface area contributed by atoms with Gasteiger partial charge in [-0.2, -0.15) is 5.10 Å². The molecule has 102 valence electrons. The lowest BCUT2D eigenvalue weighted by Crippen LogP contribution is -2.23. The first kappa shape index (κ1) is 12.8. The molecule has 5 nitrogen and oxygen atoms in total. The van der Waals surface area contributed by atoms with E-state index >= 15 is 0 Å². The fraction of sp³-hybridized carbons (Fsp3) is 0.538. The minimum atomic E-state index is 0.0190. The molecule has 0 amide bonds. The van der Waals surface area contributed by atoms with Gasteiger partial charge in [-0.1, -0.05) is 0 Å². The summed E-state index contributed by atoms with van der Waals surface area (Å²) in [5.74, 6) is 0. The van der Waals surface area contributed by atoms with E-state index in [2.05, 4.69) is 21.9 Å². The molecule has 1 aliphatic heterocycles. The van der Waals surface area contributed by atoms with E-state index < -0.39 is 0 Å². The highest BCUT2D eigenvalue weighted by atomic mass is 32.1. The molecule has 0 saturated heterocycles. The molecule has 1 N–H and O–H groups in total. The van der Waals surface area contributed by atoms with Gasteiger partial charge in [-0.25, -0.2) is 4.98 Å². The maximum atomic E-state index is 9.17. The molecule has 3 heterocycles. The quantitative estimate of drug-likeness (QED) is 0.925. The number of fused-ring (bicyclic) bond motifs is 1. The third-order valence-electron chi connectivity index (χ3n) is 3.52. The number of aliphatic hydroxyl groups is 1. The number of aryl methyl sites for hydroxylation is 2. The molecule has 1 aliphatic rings. The highest BCUT2D eigenvalue weighted by Gasteiger charge is 2.17. The van der Waals surface area contributed by atoms with Crippen molar-refractivity contribution in [1.29, 1.82) is 0 Å². The molecular weight excluding hydrogens is 260 g/mol. The van der Waals surface area contributed by atoms with Gasteiger partial charge in [0.25, 0.3) is 0 Å². The first-order valence-electron chi connectivity index (χ1n) is 6.54. The Bertz CT molecular complexity index is 563. The SMILES string of the molecule is Cc1scnc1CN1CCCn2nc(CO)cc2C1. The van der Waals surface area contributed by atoms with E-state index in [1.54, 1.807) is 11.3 Å². The fourth-order valence-corrected chi connectivity index (χ4v) is 3.08. The van der Waals surface area contributed by atoms with Crippen LogP contribution in [0.15, 0.2) is 11.6 Å². The van der Waals surface area contributed by atoms with E-state index in [1.807, 2.05) is 16.3 Å². The maximum absolute atomic E-state index is 9.17. The smallest absolute Gasteiger partial charge is 0.0882 e. The third kappa shape index (κ3) is 2.70. The second-order valence-electron chi connectivity index (χ2n) is 4.93. The van der Waals surface area contributed by atoms with Gasteiger partial charge < -0.3 is 5.11 Å². The largest absolute Gasteiger partial charge is 0.390 e. The van der Waals surface area contributed by atoms with Crippen molar-refractivity contribution >= 4 is 11.3 Å². The zero-order valence-electron chi connectivity index (χ0n) is 11.0. The van der Waals surface area contributed by atoms with E-state index in [0.717, 1.165) is 38.3 Å². The molecule has 0 bridgehead atoms. The zero-order valence-corrected chi connectivity index (χ0v) is 11.9. The Labute approximate surface area is 116 Å². The molecule has 0 unspecified atom stereocenters. The number of hydrogen-bond donors (Lipinski definition) is 1. The Hall–Kier alpha value is -1.24. The molecule has 0 radical (unpaired) electrons. The van der Waals surface area contributed by atoms with E-state index in [-0.39, 0.29) is 6.61 Å². The predicted octanol–water partition coefficient (Wildman–Crippen LogP) is 1.55. The lowest BCUT2D eigenvalue weighted by Gasteiger charge is -2.18. The molecule has 0 aromatic carbocycles. The van der Waals surface area contributed by atoms with Crippen molar-refractivity contribution in [3.8, 4) is 0 Å². The summed E-state index contributed by atoms with van der Waals surface area (Å²) >= 11 is 1.70. The standard InChI is InChI=1S/C13H18N4OS/c1-10-13(14-9-19-10)7-16-3-2-4-17-12(6-16)5-11(8-18)15-17/h5,9,18H,2-4,6-8H2,1H3. The highest BCUT2D eigenvalue weighted by Crippen LogP contribution is 2.18. The fourth-order valence-electron chi connectivity index (χ4n) is 2.49. The lowest BCUT2D eigenvalue weighted by atomic mass is 10.3. The van der Waals surface area contributed by atoms with Crippen LogP contribution in [0.5, 0.6) is 0 Å². The summed E-state index contributed by atoms with van der Waals surface area (Å²) in [4.78, 5) is 8.14. The first-order chi connectivity index (χ1) is 9.26. The van der Waals surface area contributed by atoms with Gasteiger partial charge in [-0.3, -0.25) is 9.58 Å². The zero-order chi connectivity index (χ0) is 13.2. The van der Waals surface area contributed by atoms with E-state index in [0.29, 0.717) is 0 Å². The number of aromatic nitrogens is 3. The monoisotopic (exact) mass is 278 g/mol.